The number of hydrogen-bond acceptors (Lipinski definition) is 4. The lowest BCUT2D eigenvalue weighted by molar-refractivity contribution is -0.136. The van der Waals surface area contributed by atoms with Crippen molar-refractivity contribution >= 4 is 15.9 Å². The average molecular weight is 318 g/mol. The van der Waals surface area contributed by atoms with Gasteiger partial charge in [0.1, 0.15) is 6.04 Å². The lowest BCUT2D eigenvalue weighted by atomic mass is 9.97. The number of nitrogens with zero attached hydrogens (tertiary/aromatic N) is 2. The van der Waals surface area contributed by atoms with Crippen LogP contribution < -0.4 is 0 Å². The molecule has 2 saturated heterocycles. The molecule has 7 heteroatoms. The summed E-state index contributed by atoms with van der Waals surface area (Å²) in [6, 6.07) is -0.507. The molecule has 2 fully saturated rings. The highest BCUT2D eigenvalue weighted by atomic mass is 32.2. The number of carbonyl (C=O) groups excluding carboxylic acids is 1. The third kappa shape index (κ3) is 3.76. The van der Waals surface area contributed by atoms with Gasteiger partial charge in [0.25, 0.3) is 0 Å². The van der Waals surface area contributed by atoms with Gasteiger partial charge in [-0.1, -0.05) is 6.92 Å². The van der Waals surface area contributed by atoms with Crippen LogP contribution in [-0.2, 0) is 14.8 Å². The summed E-state index contributed by atoms with van der Waals surface area (Å²) in [6.45, 7) is 3.73. The summed E-state index contributed by atoms with van der Waals surface area (Å²) >= 11 is 0. The second kappa shape index (κ2) is 7.07. The Balaban J connectivity index is 2.01. The summed E-state index contributed by atoms with van der Waals surface area (Å²) in [5, 5.41) is 9.14. The van der Waals surface area contributed by atoms with Crippen molar-refractivity contribution in [1.29, 1.82) is 0 Å². The maximum absolute atomic E-state index is 12.6. The van der Waals surface area contributed by atoms with E-state index in [1.165, 1.54) is 4.31 Å². The zero-order chi connectivity index (χ0) is 15.5. The van der Waals surface area contributed by atoms with Crippen molar-refractivity contribution in [3.8, 4) is 0 Å². The molecule has 0 aromatic rings. The molecule has 6 nitrogen and oxygen atoms in total. The molecule has 2 aliphatic heterocycles. The maximum Gasteiger partial charge on any atom is 0.241 e. The van der Waals surface area contributed by atoms with Gasteiger partial charge in [-0.25, -0.2) is 8.42 Å². The van der Waals surface area contributed by atoms with Gasteiger partial charge in [0.15, 0.2) is 0 Å². The molecular weight excluding hydrogens is 292 g/mol. The van der Waals surface area contributed by atoms with E-state index >= 15 is 0 Å². The number of aliphatic hydroxyl groups excluding tert-OH is 1. The molecule has 2 aliphatic rings. The topological polar surface area (TPSA) is 77.9 Å². The standard InChI is InChI=1S/C14H26N2O4S/c1-2-10-21(19,20)16-7-3-4-13(16)14(18)15-8-5-12(11-17)6-9-15/h12-13,17H,2-11H2,1H3. The minimum Gasteiger partial charge on any atom is -0.396 e. The van der Waals surface area contributed by atoms with Crippen LogP contribution in [0.15, 0.2) is 0 Å². The van der Waals surface area contributed by atoms with Crippen LogP contribution in [0.5, 0.6) is 0 Å². The molecule has 0 aromatic carbocycles. The number of sulfonamides is 1. The number of likely N-dealkylation sites (tertiary alicyclic amines) is 1. The molecule has 0 radical (unpaired) electrons. The van der Waals surface area contributed by atoms with E-state index in [9.17, 15) is 13.2 Å². The maximum atomic E-state index is 12.6. The summed E-state index contributed by atoms with van der Waals surface area (Å²) in [5.41, 5.74) is 0. The van der Waals surface area contributed by atoms with E-state index in [2.05, 4.69) is 0 Å². The summed E-state index contributed by atoms with van der Waals surface area (Å²) in [5.74, 6) is 0.338. The fraction of sp³-hybridized carbons (Fsp3) is 0.929. The van der Waals surface area contributed by atoms with E-state index < -0.39 is 16.1 Å². The molecule has 0 saturated carbocycles. The van der Waals surface area contributed by atoms with Crippen molar-refractivity contribution in [3.05, 3.63) is 0 Å². The normalized spacial score (nSPS) is 25.4. The lowest BCUT2D eigenvalue weighted by Gasteiger charge is -2.34. The second-order valence-corrected chi connectivity index (χ2v) is 8.08. The molecule has 0 bridgehead atoms. The Morgan fingerprint density at radius 3 is 2.43 bits per heavy atom. The summed E-state index contributed by atoms with van der Waals surface area (Å²) < 4.78 is 25.9. The van der Waals surface area contributed by atoms with Crippen molar-refractivity contribution < 1.29 is 18.3 Å². The number of carbonyl (C=O) groups is 1. The van der Waals surface area contributed by atoms with Crippen molar-refractivity contribution in [2.45, 2.75) is 45.1 Å². The molecule has 122 valence electrons. The van der Waals surface area contributed by atoms with Gasteiger partial charge >= 0.3 is 0 Å². The van der Waals surface area contributed by atoms with Crippen LogP contribution in [0, 0.1) is 5.92 Å². The van der Waals surface area contributed by atoms with Crippen LogP contribution in [0.3, 0.4) is 0 Å². The van der Waals surface area contributed by atoms with Gasteiger partial charge in [0.05, 0.1) is 5.75 Å². The lowest BCUT2D eigenvalue weighted by Crippen LogP contribution is -2.50. The average Bonchev–Trinajstić information content (AvgIpc) is 2.97. The van der Waals surface area contributed by atoms with E-state index in [1.54, 1.807) is 4.90 Å². The fourth-order valence-corrected chi connectivity index (χ4v) is 4.98. The molecule has 1 unspecified atom stereocenters. The molecule has 2 heterocycles. The van der Waals surface area contributed by atoms with Crippen molar-refractivity contribution in [2.24, 2.45) is 5.92 Å². The van der Waals surface area contributed by atoms with Crippen LogP contribution in [0.4, 0.5) is 0 Å². The number of amides is 1. The van der Waals surface area contributed by atoms with Gasteiger partial charge in [-0.2, -0.15) is 4.31 Å². The first kappa shape index (κ1) is 16.7. The van der Waals surface area contributed by atoms with Gasteiger partial charge in [0.2, 0.25) is 15.9 Å². The van der Waals surface area contributed by atoms with Crippen molar-refractivity contribution in [2.75, 3.05) is 32.0 Å². The Kier molecular flexibility index (Phi) is 5.62. The summed E-state index contributed by atoms with van der Waals surface area (Å²) in [6.07, 6.45) is 3.56. The van der Waals surface area contributed by atoms with E-state index in [0.29, 0.717) is 32.5 Å². The number of rotatable bonds is 5. The zero-order valence-electron chi connectivity index (χ0n) is 12.7. The molecule has 0 spiro atoms. The highest BCUT2D eigenvalue weighted by Gasteiger charge is 2.40. The predicted octanol–water partition coefficient (Wildman–Crippen LogP) is 0.422. The van der Waals surface area contributed by atoms with Crippen molar-refractivity contribution in [1.82, 2.24) is 9.21 Å². The van der Waals surface area contributed by atoms with Crippen LogP contribution in [-0.4, -0.2) is 66.7 Å². The van der Waals surface area contributed by atoms with Gasteiger partial charge in [-0.15, -0.1) is 0 Å². The number of hydrogen-bond donors (Lipinski definition) is 1. The number of piperidine rings is 1. The molecular formula is C14H26N2O4S. The zero-order valence-corrected chi connectivity index (χ0v) is 13.5. The van der Waals surface area contributed by atoms with E-state index in [0.717, 1.165) is 19.3 Å². The Labute approximate surface area is 127 Å². The van der Waals surface area contributed by atoms with Crippen LogP contribution in [0.1, 0.15) is 39.0 Å². The van der Waals surface area contributed by atoms with Crippen LogP contribution in [0.2, 0.25) is 0 Å². The van der Waals surface area contributed by atoms with E-state index in [1.807, 2.05) is 6.92 Å². The number of aliphatic hydroxyl groups is 1. The first-order valence-electron chi connectivity index (χ1n) is 7.88. The molecule has 2 rings (SSSR count). The molecule has 1 amide bonds. The molecule has 21 heavy (non-hydrogen) atoms. The van der Waals surface area contributed by atoms with Gasteiger partial charge in [0, 0.05) is 26.2 Å². The monoisotopic (exact) mass is 318 g/mol. The Hall–Kier alpha value is -0.660. The molecule has 1 N–H and O–H groups in total. The Bertz CT molecular complexity index is 458. The van der Waals surface area contributed by atoms with Crippen molar-refractivity contribution in [3.63, 3.8) is 0 Å². The molecule has 0 aliphatic carbocycles. The highest BCUT2D eigenvalue weighted by molar-refractivity contribution is 7.89. The Morgan fingerprint density at radius 1 is 1.19 bits per heavy atom. The molecule has 1 atom stereocenters. The third-order valence-corrected chi connectivity index (χ3v) is 6.57. The first-order valence-corrected chi connectivity index (χ1v) is 9.49. The van der Waals surface area contributed by atoms with Crippen LogP contribution in [0.25, 0.3) is 0 Å². The second-order valence-electron chi connectivity index (χ2n) is 6.04. The quantitative estimate of drug-likeness (QED) is 0.797. The van der Waals surface area contributed by atoms with E-state index in [-0.39, 0.29) is 24.2 Å². The van der Waals surface area contributed by atoms with Gasteiger partial charge < -0.3 is 10.0 Å². The largest absolute Gasteiger partial charge is 0.396 e. The SMILES string of the molecule is CCCS(=O)(=O)N1CCCC1C(=O)N1CCC(CO)CC1. The minimum absolute atomic E-state index is 0.0523. The van der Waals surface area contributed by atoms with Crippen LogP contribution >= 0.6 is 0 Å². The van der Waals surface area contributed by atoms with Gasteiger partial charge in [-0.3, -0.25) is 4.79 Å². The summed E-state index contributed by atoms with van der Waals surface area (Å²) in [4.78, 5) is 14.4. The minimum atomic E-state index is -3.31. The third-order valence-electron chi connectivity index (χ3n) is 4.49. The predicted molar refractivity (Wildman–Crippen MR) is 80.2 cm³/mol. The smallest absolute Gasteiger partial charge is 0.241 e. The fourth-order valence-electron chi connectivity index (χ4n) is 3.24. The summed E-state index contributed by atoms with van der Waals surface area (Å²) in [7, 11) is -3.31. The molecule has 0 aromatic heterocycles. The van der Waals surface area contributed by atoms with Gasteiger partial charge in [-0.05, 0) is 38.0 Å². The highest BCUT2D eigenvalue weighted by Crippen LogP contribution is 2.25. The first-order chi connectivity index (χ1) is 9.99. The Morgan fingerprint density at radius 2 is 1.86 bits per heavy atom. The van der Waals surface area contributed by atoms with E-state index in [4.69, 9.17) is 5.11 Å².